The van der Waals surface area contributed by atoms with Crippen LogP contribution >= 0.6 is 11.3 Å². The zero-order valence-electron chi connectivity index (χ0n) is 14.0. The maximum atomic E-state index is 12.4. The number of nitrogens with one attached hydrogen (secondary N) is 1. The molecule has 1 saturated carbocycles. The molecule has 2 heterocycles. The van der Waals surface area contributed by atoms with Gasteiger partial charge in [-0.05, 0) is 43.6 Å². The Hall–Kier alpha value is -1.44. The van der Waals surface area contributed by atoms with Crippen molar-refractivity contribution in [3.05, 3.63) is 17.0 Å². The summed E-state index contributed by atoms with van der Waals surface area (Å²) in [7, 11) is 0. The standard InChI is InChI=1S/C17H24N2O4S/c1-2-23-17(21)14-6-8-24-16(14)18-15(20)10-19(13-3-4-13)9-12-5-7-22-11-12/h6,8,12-13H,2-5,7,9-11H2,1H3,(H,18,20). The predicted molar refractivity (Wildman–Crippen MR) is 92.4 cm³/mol. The first kappa shape index (κ1) is 17.4. The molecule has 132 valence electrons. The third-order valence-electron chi connectivity index (χ3n) is 4.34. The summed E-state index contributed by atoms with van der Waals surface area (Å²) >= 11 is 1.34. The van der Waals surface area contributed by atoms with Crippen molar-refractivity contribution in [2.45, 2.75) is 32.2 Å². The Morgan fingerprint density at radius 1 is 1.42 bits per heavy atom. The Morgan fingerprint density at radius 2 is 2.25 bits per heavy atom. The molecule has 0 bridgehead atoms. The van der Waals surface area contributed by atoms with Gasteiger partial charge in [0.25, 0.3) is 0 Å². The molecule has 3 rings (SSSR count). The molecule has 1 saturated heterocycles. The second kappa shape index (κ2) is 8.09. The van der Waals surface area contributed by atoms with E-state index in [4.69, 9.17) is 9.47 Å². The monoisotopic (exact) mass is 352 g/mol. The molecule has 1 aromatic rings. The van der Waals surface area contributed by atoms with Crippen molar-refractivity contribution >= 4 is 28.2 Å². The Kier molecular flexibility index (Phi) is 5.86. The number of rotatable bonds is 8. The first-order valence-corrected chi connectivity index (χ1v) is 9.41. The van der Waals surface area contributed by atoms with Crippen LogP contribution in [-0.4, -0.2) is 55.7 Å². The minimum Gasteiger partial charge on any atom is -0.462 e. The molecule has 1 N–H and O–H groups in total. The second-order valence-corrected chi connectivity index (χ2v) is 7.24. The van der Waals surface area contributed by atoms with Crippen LogP contribution in [0.5, 0.6) is 0 Å². The molecule has 1 aromatic heterocycles. The van der Waals surface area contributed by atoms with E-state index in [1.54, 1.807) is 18.4 Å². The topological polar surface area (TPSA) is 67.9 Å². The molecular formula is C17H24N2O4S. The summed E-state index contributed by atoms with van der Waals surface area (Å²) in [5.41, 5.74) is 0.428. The third-order valence-corrected chi connectivity index (χ3v) is 5.17. The highest BCUT2D eigenvalue weighted by Crippen LogP contribution is 2.29. The third kappa shape index (κ3) is 4.55. The molecule has 0 spiro atoms. The summed E-state index contributed by atoms with van der Waals surface area (Å²) in [4.78, 5) is 26.6. The van der Waals surface area contributed by atoms with Crippen molar-refractivity contribution in [1.82, 2.24) is 4.90 Å². The van der Waals surface area contributed by atoms with Crippen LogP contribution in [0.25, 0.3) is 0 Å². The zero-order valence-corrected chi connectivity index (χ0v) is 14.8. The molecular weight excluding hydrogens is 328 g/mol. The van der Waals surface area contributed by atoms with Gasteiger partial charge in [-0.25, -0.2) is 4.79 Å². The Morgan fingerprint density at radius 3 is 2.92 bits per heavy atom. The number of anilines is 1. The van der Waals surface area contributed by atoms with Crippen LogP contribution in [0.2, 0.25) is 0 Å². The molecule has 1 atom stereocenters. The number of hydrogen-bond donors (Lipinski definition) is 1. The van der Waals surface area contributed by atoms with Crippen LogP contribution in [0, 0.1) is 5.92 Å². The molecule has 1 unspecified atom stereocenters. The van der Waals surface area contributed by atoms with Gasteiger partial charge in [0, 0.05) is 19.2 Å². The van der Waals surface area contributed by atoms with Crippen molar-refractivity contribution in [2.24, 2.45) is 5.92 Å². The fourth-order valence-corrected chi connectivity index (χ4v) is 3.76. The summed E-state index contributed by atoms with van der Waals surface area (Å²) in [5.74, 6) is 0.0558. The predicted octanol–water partition coefficient (Wildman–Crippen LogP) is 2.36. The number of esters is 1. The van der Waals surface area contributed by atoms with E-state index in [0.29, 0.717) is 35.7 Å². The van der Waals surface area contributed by atoms with Crippen LogP contribution in [0.1, 0.15) is 36.5 Å². The van der Waals surface area contributed by atoms with Gasteiger partial charge in [0.2, 0.25) is 5.91 Å². The van der Waals surface area contributed by atoms with Gasteiger partial charge < -0.3 is 14.8 Å². The van der Waals surface area contributed by atoms with Crippen LogP contribution < -0.4 is 5.32 Å². The maximum Gasteiger partial charge on any atom is 0.341 e. The van der Waals surface area contributed by atoms with Gasteiger partial charge in [-0.3, -0.25) is 9.69 Å². The number of amides is 1. The zero-order chi connectivity index (χ0) is 16.9. The van der Waals surface area contributed by atoms with Crippen LogP contribution in [0.15, 0.2) is 11.4 Å². The van der Waals surface area contributed by atoms with Gasteiger partial charge in [-0.1, -0.05) is 0 Å². The van der Waals surface area contributed by atoms with Crippen molar-refractivity contribution in [3.63, 3.8) is 0 Å². The number of carbonyl (C=O) groups excluding carboxylic acids is 2. The molecule has 2 aliphatic rings. The highest BCUT2D eigenvalue weighted by molar-refractivity contribution is 7.14. The summed E-state index contributed by atoms with van der Waals surface area (Å²) in [5, 5.41) is 5.23. The minimum absolute atomic E-state index is 0.0752. The van der Waals surface area contributed by atoms with Gasteiger partial charge in [0.15, 0.2) is 0 Å². The normalized spacial score (nSPS) is 20.3. The van der Waals surface area contributed by atoms with Crippen molar-refractivity contribution in [2.75, 3.05) is 38.2 Å². The van der Waals surface area contributed by atoms with E-state index in [1.165, 1.54) is 11.3 Å². The Bertz CT molecular complexity index is 579. The molecule has 24 heavy (non-hydrogen) atoms. The molecule has 1 amide bonds. The molecule has 0 radical (unpaired) electrons. The number of ether oxygens (including phenoxy) is 2. The first-order valence-electron chi connectivity index (χ1n) is 8.53. The molecule has 7 heteroatoms. The van der Waals surface area contributed by atoms with Gasteiger partial charge in [-0.2, -0.15) is 0 Å². The van der Waals surface area contributed by atoms with Crippen molar-refractivity contribution < 1.29 is 19.1 Å². The van der Waals surface area contributed by atoms with Crippen LogP contribution in [0.3, 0.4) is 0 Å². The Labute approximate surface area is 146 Å². The highest BCUT2D eigenvalue weighted by atomic mass is 32.1. The van der Waals surface area contributed by atoms with E-state index >= 15 is 0 Å². The Balaban J connectivity index is 1.56. The summed E-state index contributed by atoms with van der Waals surface area (Å²) in [6.07, 6.45) is 3.39. The maximum absolute atomic E-state index is 12.4. The fraction of sp³-hybridized carbons (Fsp3) is 0.647. The quantitative estimate of drug-likeness (QED) is 0.728. The summed E-state index contributed by atoms with van der Waals surface area (Å²) in [6.45, 7) is 4.98. The highest BCUT2D eigenvalue weighted by Gasteiger charge is 2.33. The van der Waals surface area contributed by atoms with Crippen molar-refractivity contribution in [3.8, 4) is 0 Å². The SMILES string of the molecule is CCOC(=O)c1ccsc1NC(=O)CN(CC1CCOC1)C1CC1. The minimum atomic E-state index is -0.392. The average molecular weight is 352 g/mol. The number of carbonyl (C=O) groups is 2. The largest absolute Gasteiger partial charge is 0.462 e. The van der Waals surface area contributed by atoms with E-state index in [-0.39, 0.29) is 5.91 Å². The van der Waals surface area contributed by atoms with E-state index in [9.17, 15) is 9.59 Å². The number of thiophene rings is 1. The molecule has 1 aliphatic heterocycles. The van der Waals surface area contributed by atoms with Gasteiger partial charge in [0.1, 0.15) is 5.00 Å². The van der Waals surface area contributed by atoms with Crippen LogP contribution in [0.4, 0.5) is 5.00 Å². The molecule has 2 fully saturated rings. The van der Waals surface area contributed by atoms with E-state index in [0.717, 1.165) is 39.0 Å². The summed E-state index contributed by atoms with van der Waals surface area (Å²) < 4.78 is 10.5. The second-order valence-electron chi connectivity index (χ2n) is 6.32. The van der Waals surface area contributed by atoms with E-state index < -0.39 is 5.97 Å². The van der Waals surface area contributed by atoms with Crippen LogP contribution in [-0.2, 0) is 14.3 Å². The van der Waals surface area contributed by atoms with Gasteiger partial charge >= 0.3 is 5.97 Å². The fourth-order valence-electron chi connectivity index (χ4n) is 2.97. The van der Waals surface area contributed by atoms with E-state index in [1.807, 2.05) is 0 Å². The molecule has 1 aliphatic carbocycles. The lowest BCUT2D eigenvalue weighted by molar-refractivity contribution is -0.117. The van der Waals surface area contributed by atoms with Crippen molar-refractivity contribution in [1.29, 1.82) is 0 Å². The lowest BCUT2D eigenvalue weighted by Gasteiger charge is -2.24. The van der Waals surface area contributed by atoms with E-state index in [2.05, 4.69) is 10.2 Å². The smallest absolute Gasteiger partial charge is 0.341 e. The van der Waals surface area contributed by atoms with Gasteiger partial charge in [0.05, 0.1) is 25.3 Å². The molecule has 6 nitrogen and oxygen atoms in total. The first-order chi connectivity index (χ1) is 11.7. The van der Waals surface area contributed by atoms with Gasteiger partial charge in [-0.15, -0.1) is 11.3 Å². The lowest BCUT2D eigenvalue weighted by atomic mass is 10.1. The number of hydrogen-bond acceptors (Lipinski definition) is 6. The average Bonchev–Trinajstić information content (AvgIpc) is 3.08. The lowest BCUT2D eigenvalue weighted by Crippen LogP contribution is -2.38. The molecule has 0 aromatic carbocycles. The summed E-state index contributed by atoms with van der Waals surface area (Å²) in [6, 6.07) is 2.21. The number of nitrogens with zero attached hydrogens (tertiary/aromatic N) is 1.